The van der Waals surface area contributed by atoms with Crippen LogP contribution in [0.4, 0.5) is 0 Å². The molecule has 1 aromatic heterocycles. The summed E-state index contributed by atoms with van der Waals surface area (Å²) in [5.41, 5.74) is 0.403. The van der Waals surface area contributed by atoms with Crippen molar-refractivity contribution in [2.45, 2.75) is 45.1 Å². The molecule has 1 saturated carbocycles. The summed E-state index contributed by atoms with van der Waals surface area (Å²) >= 11 is 1.49. The Labute approximate surface area is 118 Å². The molecule has 19 heavy (non-hydrogen) atoms. The lowest BCUT2D eigenvalue weighted by Crippen LogP contribution is -2.18. The summed E-state index contributed by atoms with van der Waals surface area (Å²) in [6.45, 7) is 2.17. The molecule has 0 amide bonds. The monoisotopic (exact) mass is 283 g/mol. The van der Waals surface area contributed by atoms with Crippen molar-refractivity contribution in [1.82, 2.24) is 4.98 Å². The first-order chi connectivity index (χ1) is 9.26. The first kappa shape index (κ1) is 14.5. The Morgan fingerprint density at radius 3 is 2.84 bits per heavy atom. The topological polar surface area (TPSA) is 48.4 Å². The standard InChI is InChI=1S/C14H21NO3S/c1-3-18-14(16)11-9-19-13(15-11)12(17-2)10-7-5-4-6-8-10/h9-10,12H,3-8H2,1-2H3. The van der Waals surface area contributed by atoms with E-state index in [1.165, 1.54) is 43.4 Å². The van der Waals surface area contributed by atoms with Gasteiger partial charge in [-0.25, -0.2) is 9.78 Å². The number of methoxy groups -OCH3 is 1. The van der Waals surface area contributed by atoms with Crippen molar-refractivity contribution in [3.63, 3.8) is 0 Å². The lowest BCUT2D eigenvalue weighted by molar-refractivity contribution is 0.0347. The number of rotatable bonds is 5. The number of esters is 1. The van der Waals surface area contributed by atoms with Crippen LogP contribution in [0.1, 0.15) is 60.6 Å². The predicted molar refractivity (Wildman–Crippen MR) is 74.4 cm³/mol. The molecule has 1 heterocycles. The minimum absolute atomic E-state index is 0.0217. The van der Waals surface area contributed by atoms with Crippen molar-refractivity contribution in [2.75, 3.05) is 13.7 Å². The Bertz CT molecular complexity index is 413. The first-order valence-corrected chi connectivity index (χ1v) is 7.79. The number of hydrogen-bond donors (Lipinski definition) is 0. The molecule has 0 N–H and O–H groups in total. The van der Waals surface area contributed by atoms with Gasteiger partial charge < -0.3 is 9.47 Å². The summed E-state index contributed by atoms with van der Waals surface area (Å²) in [5, 5.41) is 2.67. The van der Waals surface area contributed by atoms with Crippen molar-refractivity contribution in [1.29, 1.82) is 0 Å². The molecule has 1 atom stereocenters. The fourth-order valence-corrected chi connectivity index (χ4v) is 3.60. The zero-order chi connectivity index (χ0) is 13.7. The largest absolute Gasteiger partial charge is 0.461 e. The Hall–Kier alpha value is -0.940. The van der Waals surface area contributed by atoms with E-state index in [9.17, 15) is 4.79 Å². The van der Waals surface area contributed by atoms with E-state index in [1.54, 1.807) is 19.4 Å². The predicted octanol–water partition coefficient (Wildman–Crippen LogP) is 3.59. The third-order valence-corrected chi connectivity index (χ3v) is 4.49. The van der Waals surface area contributed by atoms with Gasteiger partial charge in [-0.2, -0.15) is 0 Å². The summed E-state index contributed by atoms with van der Waals surface area (Å²) in [4.78, 5) is 16.0. The number of hydrogen-bond acceptors (Lipinski definition) is 5. The van der Waals surface area contributed by atoms with Gasteiger partial charge in [0, 0.05) is 12.5 Å². The number of thiazole rings is 1. The normalized spacial score (nSPS) is 18.2. The maximum Gasteiger partial charge on any atom is 0.357 e. The van der Waals surface area contributed by atoms with Gasteiger partial charge in [-0.05, 0) is 25.7 Å². The van der Waals surface area contributed by atoms with Crippen LogP contribution in [-0.2, 0) is 9.47 Å². The minimum atomic E-state index is -0.344. The molecule has 4 nitrogen and oxygen atoms in total. The molecular formula is C14H21NO3S. The molecular weight excluding hydrogens is 262 g/mol. The van der Waals surface area contributed by atoms with Gasteiger partial charge in [0.2, 0.25) is 0 Å². The van der Waals surface area contributed by atoms with Gasteiger partial charge in [-0.1, -0.05) is 19.3 Å². The van der Waals surface area contributed by atoms with Crippen LogP contribution in [0.5, 0.6) is 0 Å². The highest BCUT2D eigenvalue weighted by atomic mass is 32.1. The first-order valence-electron chi connectivity index (χ1n) is 6.91. The lowest BCUT2D eigenvalue weighted by Gasteiger charge is -2.27. The molecule has 0 bridgehead atoms. The van der Waals surface area contributed by atoms with E-state index in [0.29, 0.717) is 18.2 Å². The summed E-state index contributed by atoms with van der Waals surface area (Å²) in [7, 11) is 1.73. The number of carbonyl (C=O) groups is 1. The lowest BCUT2D eigenvalue weighted by atomic mass is 9.85. The Morgan fingerprint density at radius 2 is 2.21 bits per heavy atom. The van der Waals surface area contributed by atoms with Crippen molar-refractivity contribution in [3.05, 3.63) is 16.1 Å². The number of ether oxygens (including phenoxy) is 2. The minimum Gasteiger partial charge on any atom is -0.461 e. The maximum absolute atomic E-state index is 11.6. The van der Waals surface area contributed by atoms with Crippen LogP contribution in [0.3, 0.4) is 0 Å². The average Bonchev–Trinajstić information content (AvgIpc) is 2.91. The Balaban J connectivity index is 2.08. The Morgan fingerprint density at radius 1 is 1.47 bits per heavy atom. The summed E-state index contributed by atoms with van der Waals surface area (Å²) in [6, 6.07) is 0. The fraction of sp³-hybridized carbons (Fsp3) is 0.714. The second-order valence-electron chi connectivity index (χ2n) is 4.85. The summed E-state index contributed by atoms with van der Waals surface area (Å²) in [5.74, 6) is 0.184. The molecule has 2 rings (SSSR count). The average molecular weight is 283 g/mol. The molecule has 1 unspecified atom stereocenters. The number of nitrogens with zero attached hydrogens (tertiary/aromatic N) is 1. The quantitative estimate of drug-likeness (QED) is 0.775. The smallest absolute Gasteiger partial charge is 0.357 e. The molecule has 0 spiro atoms. The van der Waals surface area contributed by atoms with Gasteiger partial charge in [0.1, 0.15) is 11.1 Å². The van der Waals surface area contributed by atoms with E-state index >= 15 is 0 Å². The third kappa shape index (κ3) is 3.54. The van der Waals surface area contributed by atoms with E-state index in [1.807, 2.05) is 0 Å². The van der Waals surface area contributed by atoms with E-state index in [0.717, 1.165) is 5.01 Å². The van der Waals surface area contributed by atoms with Gasteiger partial charge in [0.05, 0.1) is 6.61 Å². The van der Waals surface area contributed by atoms with Crippen molar-refractivity contribution < 1.29 is 14.3 Å². The molecule has 1 aliphatic rings. The molecule has 106 valence electrons. The molecule has 1 fully saturated rings. The van der Waals surface area contributed by atoms with Gasteiger partial charge in [0.15, 0.2) is 5.69 Å². The number of carbonyl (C=O) groups excluding carboxylic acids is 1. The highest BCUT2D eigenvalue weighted by molar-refractivity contribution is 7.09. The number of aromatic nitrogens is 1. The van der Waals surface area contributed by atoms with Crippen LogP contribution in [-0.4, -0.2) is 24.7 Å². The molecule has 1 aromatic rings. The van der Waals surface area contributed by atoms with Crippen LogP contribution in [0, 0.1) is 5.92 Å². The molecule has 0 radical (unpaired) electrons. The van der Waals surface area contributed by atoms with E-state index < -0.39 is 0 Å². The molecule has 1 aliphatic carbocycles. The van der Waals surface area contributed by atoms with Gasteiger partial charge >= 0.3 is 5.97 Å². The van der Waals surface area contributed by atoms with Crippen LogP contribution < -0.4 is 0 Å². The van der Waals surface area contributed by atoms with Gasteiger partial charge in [-0.3, -0.25) is 0 Å². The summed E-state index contributed by atoms with van der Waals surface area (Å²) < 4.78 is 10.6. The van der Waals surface area contributed by atoms with Crippen molar-refractivity contribution in [2.24, 2.45) is 5.92 Å². The molecule has 0 saturated heterocycles. The second-order valence-corrected chi connectivity index (χ2v) is 5.74. The van der Waals surface area contributed by atoms with E-state index in [2.05, 4.69) is 4.98 Å². The fourth-order valence-electron chi connectivity index (χ4n) is 2.65. The van der Waals surface area contributed by atoms with Crippen LogP contribution >= 0.6 is 11.3 Å². The van der Waals surface area contributed by atoms with Crippen molar-refractivity contribution in [3.8, 4) is 0 Å². The van der Waals surface area contributed by atoms with Gasteiger partial charge in [0.25, 0.3) is 0 Å². The Kier molecular flexibility index (Phi) is 5.34. The molecule has 5 heteroatoms. The van der Waals surface area contributed by atoms with Crippen molar-refractivity contribution >= 4 is 17.3 Å². The highest BCUT2D eigenvalue weighted by Gasteiger charge is 2.28. The van der Waals surface area contributed by atoms with Crippen LogP contribution in [0.2, 0.25) is 0 Å². The molecule has 0 aromatic carbocycles. The highest BCUT2D eigenvalue weighted by Crippen LogP contribution is 2.37. The van der Waals surface area contributed by atoms with Gasteiger partial charge in [-0.15, -0.1) is 11.3 Å². The maximum atomic E-state index is 11.6. The third-order valence-electron chi connectivity index (χ3n) is 3.58. The zero-order valence-electron chi connectivity index (χ0n) is 11.6. The summed E-state index contributed by atoms with van der Waals surface area (Å²) in [6.07, 6.45) is 6.24. The van der Waals surface area contributed by atoms with E-state index in [4.69, 9.17) is 9.47 Å². The molecule has 0 aliphatic heterocycles. The van der Waals surface area contributed by atoms with Crippen LogP contribution in [0.25, 0.3) is 0 Å². The zero-order valence-corrected chi connectivity index (χ0v) is 12.4. The second kappa shape index (κ2) is 7.01. The van der Waals surface area contributed by atoms with E-state index in [-0.39, 0.29) is 12.1 Å². The SMILES string of the molecule is CCOC(=O)c1csc(C(OC)C2CCCCC2)n1. The van der Waals surface area contributed by atoms with Crippen LogP contribution in [0.15, 0.2) is 5.38 Å².